The highest BCUT2D eigenvalue weighted by Crippen LogP contribution is 2.61. The van der Waals surface area contributed by atoms with Crippen LogP contribution in [0.2, 0.25) is 0 Å². The maximum atomic E-state index is 13.4. The van der Waals surface area contributed by atoms with Gasteiger partial charge in [-0.2, -0.15) is 5.26 Å². The van der Waals surface area contributed by atoms with E-state index in [1.165, 1.54) is 0 Å². The highest BCUT2D eigenvalue weighted by atomic mass is 16.5. The lowest BCUT2D eigenvalue weighted by Crippen LogP contribution is -2.32. The van der Waals surface area contributed by atoms with Crippen molar-refractivity contribution in [3.63, 3.8) is 0 Å². The highest BCUT2D eigenvalue weighted by Gasteiger charge is 2.61. The second-order valence-corrected chi connectivity index (χ2v) is 9.73. The van der Waals surface area contributed by atoms with Gasteiger partial charge < -0.3 is 20.5 Å². The summed E-state index contributed by atoms with van der Waals surface area (Å²) in [7, 11) is 0. The summed E-state index contributed by atoms with van der Waals surface area (Å²) in [5.41, 5.74) is 2.81. The zero-order valence-corrected chi connectivity index (χ0v) is 20.6. The molecule has 2 aromatic carbocycles. The summed E-state index contributed by atoms with van der Waals surface area (Å²) in [6, 6.07) is 12.7. The topological polar surface area (TPSA) is 129 Å². The van der Waals surface area contributed by atoms with Gasteiger partial charge in [0.05, 0.1) is 18.2 Å². The summed E-state index contributed by atoms with van der Waals surface area (Å²) in [6.45, 7) is 4.47. The van der Waals surface area contributed by atoms with Crippen LogP contribution in [-0.4, -0.2) is 35.5 Å². The van der Waals surface area contributed by atoms with Gasteiger partial charge in [0.25, 0.3) is 5.91 Å². The van der Waals surface area contributed by atoms with Gasteiger partial charge in [-0.25, -0.2) is 0 Å². The van der Waals surface area contributed by atoms with Crippen LogP contribution in [0.1, 0.15) is 73.0 Å². The Bertz CT molecular complexity index is 1230. The number of hydrogen-bond acceptors (Lipinski definition) is 5. The van der Waals surface area contributed by atoms with Crippen LogP contribution in [0.15, 0.2) is 36.4 Å². The molecule has 36 heavy (non-hydrogen) atoms. The first-order valence-corrected chi connectivity index (χ1v) is 12.4. The molecule has 1 fully saturated rings. The first kappa shape index (κ1) is 25.2. The van der Waals surface area contributed by atoms with Gasteiger partial charge in [-0.05, 0) is 74.9 Å². The summed E-state index contributed by atoms with van der Waals surface area (Å²) < 4.78 is 5.85. The molecule has 1 aliphatic carbocycles. The molecular weight excluding hydrogens is 458 g/mol. The molecule has 1 heterocycles. The fraction of sp³-hybridized carbons (Fsp3) is 0.429. The van der Waals surface area contributed by atoms with Crippen molar-refractivity contribution in [1.82, 2.24) is 5.32 Å². The number of carbonyl (C=O) groups excluding carboxylic acids is 2. The van der Waals surface area contributed by atoms with Crippen molar-refractivity contribution in [2.45, 2.75) is 63.8 Å². The lowest BCUT2D eigenvalue weighted by Gasteiger charge is -2.27. The first-order valence-electron chi connectivity index (χ1n) is 12.4. The molecule has 3 atom stereocenters. The minimum atomic E-state index is -0.871. The molecule has 2 aliphatic rings. The molecule has 188 valence electrons. The molecule has 0 bridgehead atoms. The van der Waals surface area contributed by atoms with Gasteiger partial charge >= 0.3 is 5.97 Å². The van der Waals surface area contributed by atoms with Crippen molar-refractivity contribution >= 4 is 23.5 Å². The Balaban J connectivity index is 1.54. The summed E-state index contributed by atoms with van der Waals surface area (Å²) >= 11 is 0. The van der Waals surface area contributed by atoms with E-state index in [4.69, 9.17) is 9.84 Å². The summed E-state index contributed by atoms with van der Waals surface area (Å²) in [5, 5.41) is 24.3. The van der Waals surface area contributed by atoms with E-state index in [0.29, 0.717) is 54.9 Å². The monoisotopic (exact) mass is 489 g/mol. The van der Waals surface area contributed by atoms with E-state index >= 15 is 0 Å². The molecule has 0 saturated heterocycles. The zero-order chi connectivity index (χ0) is 25.9. The van der Waals surface area contributed by atoms with Gasteiger partial charge in [-0.1, -0.05) is 13.0 Å². The van der Waals surface area contributed by atoms with Crippen molar-refractivity contribution in [2.24, 2.45) is 5.92 Å². The Hall–Kier alpha value is -3.86. The number of amides is 2. The molecule has 0 radical (unpaired) electrons. The van der Waals surface area contributed by atoms with Crippen molar-refractivity contribution in [3.8, 4) is 11.8 Å². The van der Waals surface area contributed by atoms with Crippen LogP contribution in [0.25, 0.3) is 0 Å². The number of anilines is 1. The maximum Gasteiger partial charge on any atom is 0.303 e. The number of carbonyl (C=O) groups is 3. The predicted octanol–water partition coefficient (Wildman–Crippen LogP) is 4.17. The smallest absolute Gasteiger partial charge is 0.303 e. The Morgan fingerprint density at radius 2 is 2.06 bits per heavy atom. The third kappa shape index (κ3) is 5.20. The molecule has 3 N–H and O–H groups in total. The van der Waals surface area contributed by atoms with Crippen LogP contribution < -0.4 is 15.4 Å². The SMILES string of the molecule is CC[C@@H](C)NC(=O)c1ccc2c(c1)[C@]1(CCO2)C[C@H]1C(=O)Nc1cc(C#N)ccc1CCCC(=O)O. The summed E-state index contributed by atoms with van der Waals surface area (Å²) in [6.07, 6.45) is 3.11. The zero-order valence-electron chi connectivity index (χ0n) is 20.6. The van der Waals surface area contributed by atoms with Gasteiger partial charge in [-0.3, -0.25) is 14.4 Å². The largest absolute Gasteiger partial charge is 0.493 e. The molecule has 4 rings (SSSR count). The van der Waals surface area contributed by atoms with E-state index in [2.05, 4.69) is 16.7 Å². The lowest BCUT2D eigenvalue weighted by molar-refractivity contribution is -0.137. The van der Waals surface area contributed by atoms with E-state index < -0.39 is 5.97 Å². The predicted molar refractivity (Wildman–Crippen MR) is 134 cm³/mol. The number of carboxylic acids is 1. The van der Waals surface area contributed by atoms with Crippen molar-refractivity contribution < 1.29 is 24.2 Å². The normalized spacial score (nSPS) is 20.4. The molecule has 1 saturated carbocycles. The summed E-state index contributed by atoms with van der Waals surface area (Å²) in [5.74, 6) is -0.742. The fourth-order valence-corrected chi connectivity index (χ4v) is 4.93. The number of ether oxygens (including phenoxy) is 1. The second-order valence-electron chi connectivity index (χ2n) is 9.73. The van der Waals surface area contributed by atoms with Crippen LogP contribution in [0, 0.1) is 17.2 Å². The van der Waals surface area contributed by atoms with Gasteiger partial charge in [0.2, 0.25) is 5.91 Å². The fourth-order valence-electron chi connectivity index (χ4n) is 4.93. The number of benzene rings is 2. The van der Waals surface area contributed by atoms with Crippen LogP contribution in [-0.2, 0) is 21.4 Å². The van der Waals surface area contributed by atoms with Crippen LogP contribution >= 0.6 is 0 Å². The van der Waals surface area contributed by atoms with E-state index in [1.54, 1.807) is 24.3 Å². The van der Waals surface area contributed by atoms with Gasteiger partial charge in [0, 0.05) is 40.6 Å². The number of rotatable bonds is 9. The minimum Gasteiger partial charge on any atom is -0.493 e. The lowest BCUT2D eigenvalue weighted by atomic mass is 9.86. The van der Waals surface area contributed by atoms with Gasteiger partial charge in [0.15, 0.2) is 0 Å². The molecule has 0 aromatic heterocycles. The summed E-state index contributed by atoms with van der Waals surface area (Å²) in [4.78, 5) is 37.0. The van der Waals surface area contributed by atoms with Crippen LogP contribution in [0.3, 0.4) is 0 Å². The van der Waals surface area contributed by atoms with E-state index in [-0.39, 0.29) is 35.6 Å². The number of aliphatic carboxylic acids is 1. The van der Waals surface area contributed by atoms with Crippen molar-refractivity contribution in [1.29, 1.82) is 5.26 Å². The first-order chi connectivity index (χ1) is 17.3. The average Bonchev–Trinajstić information content (AvgIpc) is 3.59. The second kappa shape index (κ2) is 10.4. The highest BCUT2D eigenvalue weighted by molar-refractivity contribution is 5.98. The Morgan fingerprint density at radius 1 is 1.25 bits per heavy atom. The molecule has 1 aliphatic heterocycles. The Kier molecular flexibility index (Phi) is 7.30. The minimum absolute atomic E-state index is 0.0306. The van der Waals surface area contributed by atoms with E-state index in [0.717, 1.165) is 17.5 Å². The van der Waals surface area contributed by atoms with Gasteiger partial charge in [0.1, 0.15) is 5.75 Å². The molecule has 1 spiro atoms. The number of nitriles is 1. The molecule has 0 unspecified atom stereocenters. The number of carboxylic acid groups (broad SMARTS) is 1. The maximum absolute atomic E-state index is 13.4. The Labute approximate surface area is 210 Å². The average molecular weight is 490 g/mol. The number of nitrogens with zero attached hydrogens (tertiary/aromatic N) is 1. The molecule has 2 aromatic rings. The molecule has 8 nitrogen and oxygen atoms in total. The molecular formula is C28H31N3O5. The third-order valence-corrected chi connectivity index (χ3v) is 7.30. The number of aryl methyl sites for hydroxylation is 1. The van der Waals surface area contributed by atoms with Gasteiger partial charge in [-0.15, -0.1) is 0 Å². The Morgan fingerprint density at radius 3 is 2.78 bits per heavy atom. The standard InChI is InChI=1S/C28H31N3O5/c1-3-17(2)30-26(34)20-9-10-24-21(14-20)28(11-12-36-24)15-22(28)27(35)31-23-13-18(16-29)7-8-19(23)5-4-6-25(32)33/h7-10,13-14,17,22H,3-6,11-12,15H2,1-2H3,(H,30,34)(H,31,35)(H,32,33)/t17-,22+,28+/m1/s1. The number of nitrogens with one attached hydrogen (secondary N) is 2. The van der Waals surface area contributed by atoms with Crippen LogP contribution in [0.4, 0.5) is 5.69 Å². The quantitative estimate of drug-likeness (QED) is 0.485. The molecule has 2 amide bonds. The van der Waals surface area contributed by atoms with Crippen molar-refractivity contribution in [2.75, 3.05) is 11.9 Å². The number of hydrogen-bond donors (Lipinski definition) is 3. The van der Waals surface area contributed by atoms with Crippen molar-refractivity contribution in [3.05, 3.63) is 58.7 Å². The molecule has 8 heteroatoms. The van der Waals surface area contributed by atoms with E-state index in [9.17, 15) is 19.6 Å². The van der Waals surface area contributed by atoms with Crippen LogP contribution in [0.5, 0.6) is 5.75 Å². The van der Waals surface area contributed by atoms with E-state index in [1.807, 2.05) is 26.0 Å². The number of fused-ring (bicyclic) bond motifs is 2. The third-order valence-electron chi connectivity index (χ3n) is 7.30.